The summed E-state index contributed by atoms with van der Waals surface area (Å²) in [6.45, 7) is 4.41. The summed E-state index contributed by atoms with van der Waals surface area (Å²) >= 11 is 0. The van der Waals surface area contributed by atoms with Crippen LogP contribution in [0.4, 0.5) is 4.39 Å². The maximum absolute atomic E-state index is 13.7. The molecule has 1 aliphatic heterocycles. The number of rotatable bonds is 8. The highest BCUT2D eigenvalue weighted by Crippen LogP contribution is 2.40. The van der Waals surface area contributed by atoms with Crippen LogP contribution in [0.15, 0.2) is 103 Å². The van der Waals surface area contributed by atoms with Gasteiger partial charge in [-0.15, -0.1) is 0 Å². The first-order valence-corrected chi connectivity index (χ1v) is 11.5. The Balaban J connectivity index is 0.000000588. The Morgan fingerprint density at radius 3 is 2.19 bits per heavy atom. The van der Waals surface area contributed by atoms with Crippen LogP contribution in [-0.4, -0.2) is 42.2 Å². The van der Waals surface area contributed by atoms with E-state index in [0.29, 0.717) is 11.3 Å². The molecule has 6 N–H and O–H groups in total. The highest BCUT2D eigenvalue weighted by molar-refractivity contribution is 5.38. The third kappa shape index (κ3) is 8.08. The average Bonchev–Trinajstić information content (AvgIpc) is 3.25. The summed E-state index contributed by atoms with van der Waals surface area (Å²) in [5.41, 5.74) is 4.49. The van der Waals surface area contributed by atoms with Crippen molar-refractivity contribution in [1.29, 1.82) is 0 Å². The number of likely N-dealkylation sites (N-methyl/N-ethyl adjacent to an activating group) is 2. The topological polar surface area (TPSA) is 117 Å². The zero-order valence-electron chi connectivity index (χ0n) is 21.5. The van der Waals surface area contributed by atoms with Gasteiger partial charge in [-0.25, -0.2) is 4.39 Å². The minimum absolute atomic E-state index is 0. The van der Waals surface area contributed by atoms with Crippen LogP contribution in [0.2, 0.25) is 0 Å². The molecule has 0 aliphatic carbocycles. The van der Waals surface area contributed by atoms with Crippen molar-refractivity contribution in [3.05, 3.63) is 125 Å². The fourth-order valence-corrected chi connectivity index (χ4v) is 3.93. The summed E-state index contributed by atoms with van der Waals surface area (Å²) in [4.78, 5) is 2.17. The Bertz CT molecular complexity index is 1140. The number of hydrogen-bond donors (Lipinski definition) is 2. The number of hydrogen-bond acceptors (Lipinski definition) is 5. The highest BCUT2D eigenvalue weighted by Gasteiger charge is 2.32. The lowest BCUT2D eigenvalue weighted by Gasteiger charge is -2.26. The predicted octanol–water partition coefficient (Wildman–Crippen LogP) is 3.90. The number of benzene rings is 3. The van der Waals surface area contributed by atoms with Crippen LogP contribution in [0.5, 0.6) is 5.75 Å². The molecule has 3 aromatic rings. The maximum atomic E-state index is 13.7. The molecule has 0 bridgehead atoms. The molecule has 0 radical (unpaired) electrons. The van der Waals surface area contributed by atoms with Gasteiger partial charge in [0.2, 0.25) is 0 Å². The number of nitrogens with one attached hydrogen (secondary N) is 1. The quantitative estimate of drug-likeness (QED) is 0.475. The van der Waals surface area contributed by atoms with E-state index in [1.165, 1.54) is 6.07 Å². The minimum atomic E-state index is -0.253. The van der Waals surface area contributed by atoms with E-state index >= 15 is 0 Å². The van der Waals surface area contributed by atoms with Crippen molar-refractivity contribution < 1.29 is 29.9 Å². The first-order chi connectivity index (χ1) is 17.0. The van der Waals surface area contributed by atoms with E-state index in [4.69, 9.17) is 14.6 Å². The van der Waals surface area contributed by atoms with Crippen molar-refractivity contribution >= 4 is 0 Å². The van der Waals surface area contributed by atoms with Crippen LogP contribution in [0.3, 0.4) is 0 Å². The van der Waals surface area contributed by atoms with E-state index < -0.39 is 0 Å². The van der Waals surface area contributed by atoms with Gasteiger partial charge in [-0.3, -0.25) is 0 Å². The molecule has 1 atom stereocenters. The number of ether oxygens (including phenoxy) is 2. The van der Waals surface area contributed by atoms with Gasteiger partial charge in [0.1, 0.15) is 23.9 Å². The van der Waals surface area contributed by atoms with Gasteiger partial charge in [0, 0.05) is 26.1 Å². The van der Waals surface area contributed by atoms with E-state index in [2.05, 4.69) is 16.8 Å². The molecule has 0 saturated heterocycles. The predicted molar refractivity (Wildman–Crippen MR) is 144 cm³/mol. The molecule has 0 aromatic heterocycles. The number of aliphatic hydroxyl groups is 1. The molecule has 8 heteroatoms. The molecule has 37 heavy (non-hydrogen) atoms. The fraction of sp³-hybridized carbons (Fsp3) is 0.241. The summed E-state index contributed by atoms with van der Waals surface area (Å²) in [5, 5.41) is 11.6. The van der Waals surface area contributed by atoms with Crippen LogP contribution in [0, 0.1) is 5.82 Å². The third-order valence-corrected chi connectivity index (χ3v) is 5.94. The van der Waals surface area contributed by atoms with E-state index in [9.17, 15) is 4.39 Å². The van der Waals surface area contributed by atoms with Crippen molar-refractivity contribution in [1.82, 2.24) is 10.2 Å². The second-order valence-corrected chi connectivity index (χ2v) is 8.13. The van der Waals surface area contributed by atoms with Crippen molar-refractivity contribution in [2.75, 3.05) is 21.2 Å². The zero-order valence-corrected chi connectivity index (χ0v) is 21.5. The first kappa shape index (κ1) is 31.2. The average molecular weight is 513 g/mol. The zero-order chi connectivity index (χ0) is 25.2. The van der Waals surface area contributed by atoms with Crippen LogP contribution in [0.1, 0.15) is 29.2 Å². The van der Waals surface area contributed by atoms with Crippen LogP contribution >= 0.6 is 0 Å². The molecular weight excluding hydrogens is 475 g/mol. The van der Waals surface area contributed by atoms with E-state index in [1.807, 2.05) is 68.7 Å². The molecule has 0 saturated carbocycles. The van der Waals surface area contributed by atoms with Gasteiger partial charge in [0.25, 0.3) is 0 Å². The largest absolute Gasteiger partial charge is 0.499 e. The molecule has 1 heterocycles. The summed E-state index contributed by atoms with van der Waals surface area (Å²) in [7, 11) is 5.58. The maximum Gasteiger partial charge on any atom is 0.129 e. The summed E-state index contributed by atoms with van der Waals surface area (Å²) in [5.74, 6) is 1.38. The molecule has 0 fully saturated rings. The molecule has 0 amide bonds. The van der Waals surface area contributed by atoms with Gasteiger partial charge in [-0.2, -0.15) is 0 Å². The van der Waals surface area contributed by atoms with Crippen molar-refractivity contribution in [3.8, 4) is 5.75 Å². The highest BCUT2D eigenvalue weighted by atomic mass is 19.1. The number of aliphatic hydroxyl groups excluding tert-OH is 1. The molecule has 200 valence electrons. The Morgan fingerprint density at radius 1 is 1.03 bits per heavy atom. The molecule has 4 rings (SSSR count). The number of halogens is 1. The summed E-state index contributed by atoms with van der Waals surface area (Å²) in [6.07, 6.45) is 0.776. The van der Waals surface area contributed by atoms with Crippen molar-refractivity contribution in [2.24, 2.45) is 0 Å². The first-order valence-electron chi connectivity index (χ1n) is 11.5. The normalized spacial score (nSPS) is 14.0. The van der Waals surface area contributed by atoms with Crippen molar-refractivity contribution in [3.63, 3.8) is 0 Å². The van der Waals surface area contributed by atoms with Crippen molar-refractivity contribution in [2.45, 2.75) is 25.7 Å². The molecule has 7 nitrogen and oxygen atoms in total. The molecule has 0 spiro atoms. The molecule has 1 aliphatic rings. The lowest BCUT2D eigenvalue weighted by Crippen LogP contribution is -2.23. The van der Waals surface area contributed by atoms with Gasteiger partial charge in [-0.05, 0) is 29.3 Å². The second-order valence-electron chi connectivity index (χ2n) is 8.13. The van der Waals surface area contributed by atoms with Gasteiger partial charge >= 0.3 is 0 Å². The smallest absolute Gasteiger partial charge is 0.129 e. The van der Waals surface area contributed by atoms with E-state index in [-0.39, 0.29) is 36.0 Å². The monoisotopic (exact) mass is 512 g/mol. The Morgan fingerprint density at radius 2 is 1.65 bits per heavy atom. The Hall–Kier alpha value is -3.85. The summed E-state index contributed by atoms with van der Waals surface area (Å²) < 4.78 is 25.0. The minimum Gasteiger partial charge on any atom is -0.499 e. The second kappa shape index (κ2) is 15.3. The van der Waals surface area contributed by atoms with Gasteiger partial charge in [0.15, 0.2) is 0 Å². The standard InChI is InChI=1S/C22H25FN2O2.C7H8O.2H2O/c1-15(24-2)22-21(26-4)13-20(25(22)3)16-9-11-18(12-10-16)27-14-17-7-5-6-8-19(17)23;8-6-7-4-2-1-3-5-7;;/h5-12,20,24H,1,13-14H2,2-4H3;1-5,8H,6H2;2*1H2. The molecule has 3 aromatic carbocycles. The molecular formula is C29H37FN2O5. The Labute approximate surface area is 218 Å². The number of nitrogens with zero attached hydrogens (tertiary/aromatic N) is 1. The third-order valence-electron chi connectivity index (χ3n) is 5.94. The number of methoxy groups -OCH3 is 1. The molecule has 1 unspecified atom stereocenters. The van der Waals surface area contributed by atoms with Gasteiger partial charge in [0.05, 0.1) is 31.2 Å². The van der Waals surface area contributed by atoms with Crippen LogP contribution in [-0.2, 0) is 18.0 Å². The lowest BCUT2D eigenvalue weighted by molar-refractivity contribution is 0.275. The van der Waals surface area contributed by atoms with E-state index in [1.54, 1.807) is 25.3 Å². The van der Waals surface area contributed by atoms with Crippen LogP contribution in [0.25, 0.3) is 0 Å². The van der Waals surface area contributed by atoms with E-state index in [0.717, 1.165) is 34.7 Å². The Kier molecular flexibility index (Phi) is 12.9. The van der Waals surface area contributed by atoms with Gasteiger partial charge in [-0.1, -0.05) is 67.2 Å². The van der Waals surface area contributed by atoms with Crippen LogP contribution < -0.4 is 10.1 Å². The lowest BCUT2D eigenvalue weighted by atomic mass is 10.0. The SMILES string of the molecule is C=C(NC)C1=C(OC)CC(c2ccc(OCc3ccccc3F)cc2)N1C.O.O.OCc1ccccc1. The van der Waals surface area contributed by atoms with Gasteiger partial charge < -0.3 is 35.7 Å². The summed E-state index contributed by atoms with van der Waals surface area (Å²) in [6, 6.07) is 24.2. The fourth-order valence-electron chi connectivity index (χ4n) is 3.93.